The summed E-state index contributed by atoms with van der Waals surface area (Å²) in [6.45, 7) is 7.20. The number of aryl methyl sites for hydroxylation is 2. The number of benzene rings is 11. The summed E-state index contributed by atoms with van der Waals surface area (Å²) in [4.78, 5) is 12.6. The second-order valence-corrected chi connectivity index (χ2v) is 23.0. The monoisotopic (exact) mass is 1050 g/mol. The van der Waals surface area contributed by atoms with Crippen molar-refractivity contribution in [3.63, 3.8) is 0 Å². The van der Waals surface area contributed by atoms with E-state index in [0.29, 0.717) is 0 Å². The molecule has 2 heterocycles. The van der Waals surface area contributed by atoms with Gasteiger partial charge in [-0.25, -0.2) is 4.98 Å². The Morgan fingerprint density at radius 1 is 0.354 bits per heavy atom. The zero-order chi connectivity index (χ0) is 54.6. The summed E-state index contributed by atoms with van der Waals surface area (Å²) >= 11 is 0. The second-order valence-electron chi connectivity index (χ2n) is 23.0. The van der Waals surface area contributed by atoms with Crippen molar-refractivity contribution in [2.75, 3.05) is 0 Å². The molecule has 388 valence electrons. The topological polar surface area (TPSA) is 25.8 Å². The number of fused-ring (bicyclic) bond motifs is 14. The van der Waals surface area contributed by atoms with Gasteiger partial charge in [0.1, 0.15) is 0 Å². The highest BCUT2D eigenvalue weighted by Crippen LogP contribution is 2.65. The van der Waals surface area contributed by atoms with Gasteiger partial charge in [-0.1, -0.05) is 250 Å². The standard InChI is InChI=1S/C80H58N2/c1-48-65(54-32-16-7-17-33-54)45-59(53-30-14-6-15-31-53)46-66(48)78-76-68-47-67(74(76)70-50(3)62-39-23-25-41-64(62)72(80(70)82-78)56-36-20-9-21-37-56)75-73(68)69-49(2)61-38-22-24-40-63(61)71(55-34-18-8-19-35-55)79(69)81-77(75)60-43-57(51-26-10-4-11-27-51)42-58(44-60)52-28-12-5-13-29-52/h4-46,48,66-68H,47H2,1-3H3. The predicted molar refractivity (Wildman–Crippen MR) is 344 cm³/mol. The van der Waals surface area contributed by atoms with E-state index < -0.39 is 0 Å². The van der Waals surface area contributed by atoms with Crippen LogP contribution in [0.15, 0.2) is 261 Å². The minimum atomic E-state index is -0.0443. The second kappa shape index (κ2) is 19.2. The number of aromatic nitrogens is 2. The van der Waals surface area contributed by atoms with E-state index in [9.17, 15) is 0 Å². The Labute approximate surface area is 479 Å². The molecule has 2 aromatic heterocycles. The quantitative estimate of drug-likeness (QED) is 0.142. The van der Waals surface area contributed by atoms with Crippen LogP contribution in [0.1, 0.15) is 81.3 Å². The number of hydrogen-bond acceptors (Lipinski definition) is 2. The Bertz CT molecular complexity index is 4720. The summed E-state index contributed by atoms with van der Waals surface area (Å²) in [7, 11) is 0. The lowest BCUT2D eigenvalue weighted by Crippen LogP contribution is -2.20. The van der Waals surface area contributed by atoms with E-state index >= 15 is 0 Å². The number of allylic oxidation sites excluding steroid dienone is 4. The lowest BCUT2D eigenvalue weighted by molar-refractivity contribution is 0.630. The van der Waals surface area contributed by atoms with Crippen molar-refractivity contribution in [3.8, 4) is 55.8 Å². The molecular formula is C80H58N2. The SMILES string of the molecule is Cc1c2ccccc2c(-c2ccccc2)c2nc(-c3cc(-c4ccccc4)cc(-c4ccccc4)c3)c3c(c12)C1CC3c2c1c(C1C=C(c3ccccc3)C=C(c3ccccc3)C1C)nc1c(-c3ccccc3)c3ccccc3c(C)c21. The molecule has 82 heavy (non-hydrogen) atoms. The van der Waals surface area contributed by atoms with E-state index in [1.54, 1.807) is 0 Å². The first-order valence-corrected chi connectivity index (χ1v) is 29.2. The third kappa shape index (κ3) is 7.48. The highest BCUT2D eigenvalue weighted by atomic mass is 14.8. The van der Waals surface area contributed by atoms with Crippen LogP contribution in [0.3, 0.4) is 0 Å². The third-order valence-corrected chi connectivity index (χ3v) is 18.6. The molecule has 4 atom stereocenters. The lowest BCUT2D eigenvalue weighted by atomic mass is 9.71. The Morgan fingerprint density at radius 3 is 1.24 bits per heavy atom. The van der Waals surface area contributed by atoms with Gasteiger partial charge in [0.25, 0.3) is 0 Å². The molecule has 2 bridgehead atoms. The number of hydrogen-bond donors (Lipinski definition) is 0. The number of rotatable bonds is 8. The van der Waals surface area contributed by atoms with Crippen LogP contribution < -0.4 is 0 Å². The van der Waals surface area contributed by atoms with E-state index in [0.717, 1.165) is 28.7 Å². The molecule has 0 N–H and O–H groups in total. The van der Waals surface area contributed by atoms with Crippen molar-refractivity contribution in [3.05, 3.63) is 311 Å². The van der Waals surface area contributed by atoms with Crippen molar-refractivity contribution < 1.29 is 0 Å². The van der Waals surface area contributed by atoms with Crippen LogP contribution in [0.2, 0.25) is 0 Å². The van der Waals surface area contributed by atoms with Gasteiger partial charge in [-0.3, -0.25) is 4.98 Å². The molecule has 0 saturated carbocycles. The maximum Gasteiger partial charge on any atom is 0.0800 e. The van der Waals surface area contributed by atoms with Crippen LogP contribution in [0, 0.1) is 19.8 Å². The molecule has 4 unspecified atom stereocenters. The molecular weight excluding hydrogens is 989 g/mol. The van der Waals surface area contributed by atoms with Crippen LogP contribution in [0.4, 0.5) is 0 Å². The fraction of sp³-hybridized carbons (Fsp3) is 0.100. The summed E-state index contributed by atoms with van der Waals surface area (Å²) < 4.78 is 0. The van der Waals surface area contributed by atoms with Crippen LogP contribution in [0.25, 0.3) is 110 Å². The first-order valence-electron chi connectivity index (χ1n) is 29.2. The molecule has 13 aromatic rings. The van der Waals surface area contributed by atoms with Crippen LogP contribution in [0.5, 0.6) is 0 Å². The molecule has 0 saturated heterocycles. The molecule has 11 aromatic carbocycles. The van der Waals surface area contributed by atoms with Gasteiger partial charge in [0.05, 0.1) is 22.4 Å². The Hall–Kier alpha value is -9.76. The van der Waals surface area contributed by atoms with Gasteiger partial charge in [0, 0.05) is 45.2 Å². The van der Waals surface area contributed by atoms with E-state index in [1.807, 2.05) is 0 Å². The molecule has 0 fully saturated rings. The minimum Gasteiger partial charge on any atom is -0.251 e. The maximum atomic E-state index is 6.36. The van der Waals surface area contributed by atoms with Crippen molar-refractivity contribution in [1.82, 2.24) is 9.97 Å². The molecule has 0 aliphatic heterocycles. The lowest BCUT2D eigenvalue weighted by Gasteiger charge is -2.34. The highest BCUT2D eigenvalue weighted by Gasteiger charge is 2.50. The Balaban J connectivity index is 1.07. The fourth-order valence-electron chi connectivity index (χ4n) is 15.0. The molecule has 16 rings (SSSR count). The normalized spacial score (nSPS) is 17.1. The third-order valence-electron chi connectivity index (χ3n) is 18.6. The zero-order valence-corrected chi connectivity index (χ0v) is 46.2. The molecule has 3 aliphatic rings. The van der Waals surface area contributed by atoms with Crippen molar-refractivity contribution in [2.24, 2.45) is 5.92 Å². The summed E-state index contributed by atoms with van der Waals surface area (Å²) in [5.74, 6) is 0.138. The first kappa shape index (κ1) is 48.2. The van der Waals surface area contributed by atoms with Crippen LogP contribution in [-0.2, 0) is 0 Å². The van der Waals surface area contributed by atoms with Crippen molar-refractivity contribution in [2.45, 2.75) is 44.9 Å². The van der Waals surface area contributed by atoms with Crippen LogP contribution >= 0.6 is 0 Å². The van der Waals surface area contributed by atoms with Gasteiger partial charge in [-0.15, -0.1) is 0 Å². The summed E-state index contributed by atoms with van der Waals surface area (Å²) in [6.07, 6.45) is 5.97. The van der Waals surface area contributed by atoms with E-state index in [4.69, 9.17) is 9.97 Å². The fourth-order valence-corrected chi connectivity index (χ4v) is 15.0. The average molecular weight is 1050 g/mol. The highest BCUT2D eigenvalue weighted by molar-refractivity contribution is 6.18. The van der Waals surface area contributed by atoms with Gasteiger partial charge in [0.2, 0.25) is 0 Å². The Morgan fingerprint density at radius 2 is 0.744 bits per heavy atom. The molecule has 0 radical (unpaired) electrons. The first-order chi connectivity index (χ1) is 40.5. The van der Waals surface area contributed by atoms with Crippen LogP contribution in [-0.4, -0.2) is 9.97 Å². The summed E-state index contributed by atoms with van der Waals surface area (Å²) in [5, 5.41) is 7.58. The predicted octanol–water partition coefficient (Wildman–Crippen LogP) is 20.9. The van der Waals surface area contributed by atoms with E-state index in [2.05, 4.69) is 282 Å². The largest absolute Gasteiger partial charge is 0.251 e. The van der Waals surface area contributed by atoms with Gasteiger partial charge in [-0.05, 0) is 155 Å². The zero-order valence-electron chi connectivity index (χ0n) is 46.2. The molecule has 2 heteroatoms. The summed E-state index contributed by atoms with van der Waals surface area (Å²) in [5.41, 5.74) is 28.3. The molecule has 0 spiro atoms. The number of pyridine rings is 2. The van der Waals surface area contributed by atoms with E-state index in [-0.39, 0.29) is 23.7 Å². The molecule has 0 amide bonds. The summed E-state index contributed by atoms with van der Waals surface area (Å²) in [6, 6.07) is 91.4. The van der Waals surface area contributed by atoms with Crippen molar-refractivity contribution >= 4 is 54.5 Å². The Kier molecular flexibility index (Phi) is 11.3. The van der Waals surface area contributed by atoms with Gasteiger partial charge >= 0.3 is 0 Å². The average Bonchev–Trinajstić information content (AvgIpc) is 2.07. The maximum absolute atomic E-state index is 6.36. The smallest absolute Gasteiger partial charge is 0.0800 e. The van der Waals surface area contributed by atoms with Crippen molar-refractivity contribution in [1.29, 1.82) is 0 Å². The molecule has 3 aliphatic carbocycles. The van der Waals surface area contributed by atoms with Gasteiger partial charge in [-0.2, -0.15) is 0 Å². The van der Waals surface area contributed by atoms with Gasteiger partial charge < -0.3 is 0 Å². The van der Waals surface area contributed by atoms with E-state index in [1.165, 1.54) is 138 Å². The number of nitrogens with zero attached hydrogens (tertiary/aromatic N) is 2. The van der Waals surface area contributed by atoms with Gasteiger partial charge in [0.15, 0.2) is 0 Å². The minimum absolute atomic E-state index is 0.0295. The molecule has 2 nitrogen and oxygen atoms in total.